The first-order valence-electron chi connectivity index (χ1n) is 5.41. The molecule has 0 spiro atoms. The third-order valence-corrected chi connectivity index (χ3v) is 2.54. The third-order valence-electron chi connectivity index (χ3n) is 2.54. The van der Waals surface area contributed by atoms with Crippen molar-refractivity contribution in [3.8, 4) is 0 Å². The molecule has 3 nitrogen and oxygen atoms in total. The molecule has 0 aliphatic carbocycles. The van der Waals surface area contributed by atoms with Crippen LogP contribution in [0.25, 0.3) is 0 Å². The number of aromatic nitrogens is 2. The average Bonchev–Trinajstić information content (AvgIpc) is 2.27. The molecule has 1 rings (SSSR count). The molecule has 0 unspecified atom stereocenters. The zero-order valence-electron chi connectivity index (χ0n) is 9.96. The van der Waals surface area contributed by atoms with Crippen LogP contribution >= 0.6 is 0 Å². The summed E-state index contributed by atoms with van der Waals surface area (Å²) in [6.45, 7) is 8.39. The van der Waals surface area contributed by atoms with Gasteiger partial charge in [-0.05, 0) is 26.7 Å². The highest BCUT2D eigenvalue weighted by atomic mass is 15.0. The predicted octanol–water partition coefficient (Wildman–Crippen LogP) is 3.07. The zero-order chi connectivity index (χ0) is 11.3. The number of hydrogen-bond acceptors (Lipinski definition) is 3. The van der Waals surface area contributed by atoms with Crippen LogP contribution in [0.4, 0.5) is 5.82 Å². The largest absolute Gasteiger partial charge is 0.346 e. The summed E-state index contributed by atoms with van der Waals surface area (Å²) in [7, 11) is 0. The molecule has 0 radical (unpaired) electrons. The van der Waals surface area contributed by atoms with E-state index >= 15 is 0 Å². The van der Waals surface area contributed by atoms with Crippen molar-refractivity contribution in [3.63, 3.8) is 0 Å². The molecule has 0 bridgehead atoms. The van der Waals surface area contributed by atoms with Crippen molar-refractivity contribution in [1.82, 2.24) is 9.97 Å². The molecule has 3 heteroatoms. The molecule has 0 aliphatic heterocycles. The molecule has 15 heavy (non-hydrogen) atoms. The van der Waals surface area contributed by atoms with Gasteiger partial charge in [-0.1, -0.05) is 19.4 Å². The second kappa shape index (κ2) is 5.49. The van der Waals surface area contributed by atoms with Gasteiger partial charge < -0.3 is 5.32 Å². The van der Waals surface area contributed by atoms with Crippen LogP contribution in [0, 0.1) is 6.92 Å². The van der Waals surface area contributed by atoms with Gasteiger partial charge in [0.05, 0.1) is 0 Å². The molecule has 1 aromatic heterocycles. The fourth-order valence-electron chi connectivity index (χ4n) is 1.28. The summed E-state index contributed by atoms with van der Waals surface area (Å²) >= 11 is 0. The minimum atomic E-state index is 0.912. The minimum Gasteiger partial charge on any atom is -0.346 e. The Kier molecular flexibility index (Phi) is 4.28. The average molecular weight is 205 g/mol. The lowest BCUT2D eigenvalue weighted by Crippen LogP contribution is -2.01. The van der Waals surface area contributed by atoms with Crippen molar-refractivity contribution < 1.29 is 0 Å². The molecule has 0 aromatic carbocycles. The first-order valence-corrected chi connectivity index (χ1v) is 5.41. The summed E-state index contributed by atoms with van der Waals surface area (Å²) in [4.78, 5) is 8.46. The lowest BCUT2D eigenvalue weighted by atomic mass is 10.2. The number of hydrogen-bond donors (Lipinski definition) is 1. The Hall–Kier alpha value is -1.38. The summed E-state index contributed by atoms with van der Waals surface area (Å²) < 4.78 is 0. The predicted molar refractivity (Wildman–Crippen MR) is 63.8 cm³/mol. The molecule has 1 N–H and O–H groups in total. The Bertz CT molecular complexity index is 356. The van der Waals surface area contributed by atoms with E-state index < -0.39 is 0 Å². The second-order valence-electron chi connectivity index (χ2n) is 3.64. The monoisotopic (exact) mass is 205 g/mol. The molecule has 1 aromatic rings. The minimum absolute atomic E-state index is 0.912. The van der Waals surface area contributed by atoms with Gasteiger partial charge in [0, 0.05) is 17.5 Å². The van der Waals surface area contributed by atoms with Crippen LogP contribution in [0.3, 0.4) is 0 Å². The first kappa shape index (κ1) is 11.7. The van der Waals surface area contributed by atoms with E-state index in [1.54, 1.807) is 6.33 Å². The van der Waals surface area contributed by atoms with Crippen molar-refractivity contribution in [2.45, 2.75) is 40.5 Å². The quantitative estimate of drug-likeness (QED) is 0.820. The number of aryl methyl sites for hydroxylation is 1. The number of nitrogens with one attached hydrogen (secondary N) is 1. The van der Waals surface area contributed by atoms with Gasteiger partial charge >= 0.3 is 0 Å². The van der Waals surface area contributed by atoms with Gasteiger partial charge in [0.25, 0.3) is 0 Å². The highest BCUT2D eigenvalue weighted by Gasteiger charge is 2.03. The number of rotatable bonds is 4. The topological polar surface area (TPSA) is 37.8 Å². The summed E-state index contributed by atoms with van der Waals surface area (Å²) in [6.07, 6.45) is 5.62. The molecule has 0 fully saturated rings. The zero-order valence-corrected chi connectivity index (χ0v) is 9.96. The maximum absolute atomic E-state index is 4.23. The van der Waals surface area contributed by atoms with Gasteiger partial charge in [-0.25, -0.2) is 9.97 Å². The SMILES string of the molecule is CC/C(C)=C/Nc1ncnc(CC)c1C. The summed E-state index contributed by atoms with van der Waals surface area (Å²) in [6, 6.07) is 0. The van der Waals surface area contributed by atoms with E-state index in [1.807, 2.05) is 6.20 Å². The van der Waals surface area contributed by atoms with E-state index in [2.05, 4.69) is 43.0 Å². The first-order chi connectivity index (χ1) is 7.19. The smallest absolute Gasteiger partial charge is 0.136 e. The summed E-state index contributed by atoms with van der Waals surface area (Å²) in [5, 5.41) is 3.23. The Morgan fingerprint density at radius 3 is 2.73 bits per heavy atom. The summed E-state index contributed by atoms with van der Waals surface area (Å²) in [5.41, 5.74) is 3.56. The van der Waals surface area contributed by atoms with Crippen molar-refractivity contribution in [3.05, 3.63) is 29.4 Å². The fraction of sp³-hybridized carbons (Fsp3) is 0.500. The highest BCUT2D eigenvalue weighted by molar-refractivity contribution is 5.47. The Morgan fingerprint density at radius 1 is 1.40 bits per heavy atom. The maximum atomic E-state index is 4.23. The molecule has 0 amide bonds. The van der Waals surface area contributed by atoms with Gasteiger partial charge in [-0.3, -0.25) is 0 Å². The Balaban J connectivity index is 2.86. The van der Waals surface area contributed by atoms with Crippen molar-refractivity contribution >= 4 is 5.82 Å². The maximum Gasteiger partial charge on any atom is 0.136 e. The number of anilines is 1. The van der Waals surface area contributed by atoms with E-state index in [-0.39, 0.29) is 0 Å². The molecule has 1 heterocycles. The van der Waals surface area contributed by atoms with E-state index in [9.17, 15) is 0 Å². The van der Waals surface area contributed by atoms with Crippen LogP contribution in [0.15, 0.2) is 18.1 Å². The molecular formula is C12H19N3. The normalized spacial score (nSPS) is 11.6. The van der Waals surface area contributed by atoms with E-state index in [4.69, 9.17) is 0 Å². The van der Waals surface area contributed by atoms with Crippen molar-refractivity contribution in [2.75, 3.05) is 5.32 Å². The molecule has 0 saturated carbocycles. The van der Waals surface area contributed by atoms with Gasteiger partial charge in [-0.2, -0.15) is 0 Å². The summed E-state index contributed by atoms with van der Waals surface area (Å²) in [5.74, 6) is 0.912. The van der Waals surface area contributed by atoms with Crippen LogP contribution in [0.5, 0.6) is 0 Å². The number of nitrogens with zero attached hydrogens (tertiary/aromatic N) is 2. The third kappa shape index (κ3) is 3.05. The van der Waals surface area contributed by atoms with Gasteiger partial charge in [0.15, 0.2) is 0 Å². The van der Waals surface area contributed by atoms with Crippen LogP contribution in [-0.2, 0) is 6.42 Å². The van der Waals surface area contributed by atoms with Crippen LogP contribution in [-0.4, -0.2) is 9.97 Å². The van der Waals surface area contributed by atoms with E-state index in [0.717, 1.165) is 29.9 Å². The molecule has 0 saturated heterocycles. The van der Waals surface area contributed by atoms with Gasteiger partial charge in [0.1, 0.15) is 12.1 Å². The van der Waals surface area contributed by atoms with Crippen LogP contribution in [0.2, 0.25) is 0 Å². The van der Waals surface area contributed by atoms with E-state index in [1.165, 1.54) is 5.57 Å². The lowest BCUT2D eigenvalue weighted by Gasteiger charge is -2.08. The molecule has 82 valence electrons. The molecule has 0 atom stereocenters. The standard InChI is InChI=1S/C12H19N3/c1-5-9(3)7-13-12-10(4)11(6-2)14-8-15-12/h7-8H,5-6H2,1-4H3,(H,13,14,15)/b9-7+. The Labute approximate surface area is 91.7 Å². The second-order valence-corrected chi connectivity index (χ2v) is 3.64. The van der Waals surface area contributed by atoms with E-state index in [0.29, 0.717) is 0 Å². The van der Waals surface area contributed by atoms with Crippen LogP contribution < -0.4 is 5.32 Å². The molecule has 0 aliphatic rings. The lowest BCUT2D eigenvalue weighted by molar-refractivity contribution is 0.971. The van der Waals surface area contributed by atoms with Gasteiger partial charge in [-0.15, -0.1) is 0 Å². The number of allylic oxidation sites excluding steroid dienone is 1. The highest BCUT2D eigenvalue weighted by Crippen LogP contribution is 2.14. The van der Waals surface area contributed by atoms with Gasteiger partial charge in [0.2, 0.25) is 0 Å². The Morgan fingerprint density at radius 2 is 2.13 bits per heavy atom. The van der Waals surface area contributed by atoms with Crippen LogP contribution in [0.1, 0.15) is 38.4 Å². The van der Waals surface area contributed by atoms with Crippen molar-refractivity contribution in [2.24, 2.45) is 0 Å². The fourth-order valence-corrected chi connectivity index (χ4v) is 1.28. The van der Waals surface area contributed by atoms with Crippen molar-refractivity contribution in [1.29, 1.82) is 0 Å². The molecular weight excluding hydrogens is 186 g/mol.